The molecule has 1 aromatic rings. The summed E-state index contributed by atoms with van der Waals surface area (Å²) in [5.41, 5.74) is -0.177. The van der Waals surface area contributed by atoms with E-state index >= 15 is 0 Å². The summed E-state index contributed by atoms with van der Waals surface area (Å²) >= 11 is 1.31. The second-order valence-corrected chi connectivity index (χ2v) is 7.16. The first-order valence-corrected chi connectivity index (χ1v) is 7.19. The van der Waals surface area contributed by atoms with E-state index < -0.39 is 0 Å². The summed E-state index contributed by atoms with van der Waals surface area (Å²) in [6, 6.07) is 0.122. The van der Waals surface area contributed by atoms with E-state index in [0.29, 0.717) is 11.0 Å². The van der Waals surface area contributed by atoms with E-state index in [1.807, 2.05) is 41.5 Å². The van der Waals surface area contributed by atoms with Crippen LogP contribution in [0.1, 0.15) is 47.4 Å². The van der Waals surface area contributed by atoms with Crippen LogP contribution in [0.5, 0.6) is 0 Å². The molecule has 108 valence electrons. The van der Waals surface area contributed by atoms with Crippen LogP contribution in [0.15, 0.2) is 5.16 Å². The summed E-state index contributed by atoms with van der Waals surface area (Å²) in [5.74, 6) is 6.65. The van der Waals surface area contributed by atoms with Crippen molar-refractivity contribution in [1.82, 2.24) is 20.2 Å². The maximum absolute atomic E-state index is 11.8. The standard InChI is InChI=1S/C12H23N5OS/c1-7(2)14-9(18)8(3)19-11-16-15-10(17(11)13)12(4,5)6/h7-8H,13H2,1-6H3,(H,14,18). The first-order valence-electron chi connectivity index (χ1n) is 6.31. The fraction of sp³-hybridized carbons (Fsp3) is 0.750. The lowest BCUT2D eigenvalue weighted by Gasteiger charge is -2.17. The predicted molar refractivity (Wildman–Crippen MR) is 77.5 cm³/mol. The van der Waals surface area contributed by atoms with Gasteiger partial charge >= 0.3 is 0 Å². The molecule has 0 aliphatic rings. The highest BCUT2D eigenvalue weighted by atomic mass is 32.2. The maximum Gasteiger partial charge on any atom is 0.233 e. The molecule has 1 aromatic heterocycles. The molecule has 0 bridgehead atoms. The van der Waals surface area contributed by atoms with Crippen LogP contribution in [-0.4, -0.2) is 32.1 Å². The van der Waals surface area contributed by atoms with Crippen molar-refractivity contribution >= 4 is 17.7 Å². The highest BCUT2D eigenvalue weighted by molar-refractivity contribution is 8.00. The first-order chi connectivity index (χ1) is 8.62. The van der Waals surface area contributed by atoms with E-state index in [2.05, 4.69) is 15.5 Å². The van der Waals surface area contributed by atoms with Crippen LogP contribution >= 0.6 is 11.8 Å². The molecular formula is C12H23N5OS. The van der Waals surface area contributed by atoms with Crippen LogP contribution in [0.25, 0.3) is 0 Å². The molecule has 1 unspecified atom stereocenters. The Morgan fingerprint density at radius 1 is 1.32 bits per heavy atom. The maximum atomic E-state index is 11.8. The van der Waals surface area contributed by atoms with E-state index in [1.54, 1.807) is 0 Å². The number of nitrogens with one attached hydrogen (secondary N) is 1. The number of thioether (sulfide) groups is 1. The third-order valence-electron chi connectivity index (χ3n) is 2.42. The molecule has 0 aliphatic heterocycles. The highest BCUT2D eigenvalue weighted by Gasteiger charge is 2.25. The molecule has 0 fully saturated rings. The monoisotopic (exact) mass is 285 g/mol. The second kappa shape index (κ2) is 5.81. The molecule has 7 heteroatoms. The lowest BCUT2D eigenvalue weighted by molar-refractivity contribution is -0.120. The topological polar surface area (TPSA) is 85.8 Å². The average molecular weight is 285 g/mol. The van der Waals surface area contributed by atoms with Crippen molar-refractivity contribution in [3.8, 4) is 0 Å². The fourth-order valence-electron chi connectivity index (χ4n) is 1.48. The zero-order chi connectivity index (χ0) is 14.8. The largest absolute Gasteiger partial charge is 0.353 e. The van der Waals surface area contributed by atoms with Crippen LogP contribution in [0, 0.1) is 0 Å². The molecule has 6 nitrogen and oxygen atoms in total. The van der Waals surface area contributed by atoms with E-state index in [9.17, 15) is 4.79 Å². The van der Waals surface area contributed by atoms with Crippen molar-refractivity contribution < 1.29 is 4.79 Å². The summed E-state index contributed by atoms with van der Waals surface area (Å²) < 4.78 is 1.46. The van der Waals surface area contributed by atoms with Crippen molar-refractivity contribution in [3.63, 3.8) is 0 Å². The molecular weight excluding hydrogens is 262 g/mol. The Labute approximate surface area is 118 Å². The molecule has 19 heavy (non-hydrogen) atoms. The van der Waals surface area contributed by atoms with Gasteiger partial charge in [-0.25, -0.2) is 4.68 Å². The van der Waals surface area contributed by atoms with Gasteiger partial charge in [0.1, 0.15) is 0 Å². The third-order valence-corrected chi connectivity index (χ3v) is 3.47. The van der Waals surface area contributed by atoms with Crippen LogP contribution in [0.4, 0.5) is 0 Å². The molecule has 1 rings (SSSR count). The van der Waals surface area contributed by atoms with Gasteiger partial charge in [0.2, 0.25) is 11.1 Å². The Morgan fingerprint density at radius 3 is 2.32 bits per heavy atom. The summed E-state index contributed by atoms with van der Waals surface area (Å²) in [5, 5.41) is 11.3. The molecule has 0 spiro atoms. The molecule has 1 atom stereocenters. The summed E-state index contributed by atoms with van der Waals surface area (Å²) in [6.45, 7) is 11.7. The summed E-state index contributed by atoms with van der Waals surface area (Å²) in [4.78, 5) is 11.8. The number of hydrogen-bond donors (Lipinski definition) is 2. The van der Waals surface area contributed by atoms with Gasteiger partial charge in [-0.1, -0.05) is 32.5 Å². The van der Waals surface area contributed by atoms with Gasteiger partial charge in [0.15, 0.2) is 5.82 Å². The zero-order valence-electron chi connectivity index (χ0n) is 12.4. The quantitative estimate of drug-likeness (QED) is 0.643. The fourth-order valence-corrected chi connectivity index (χ4v) is 2.26. The van der Waals surface area contributed by atoms with E-state index in [1.165, 1.54) is 16.4 Å². The normalized spacial score (nSPS) is 13.6. The van der Waals surface area contributed by atoms with Gasteiger partial charge in [0.05, 0.1) is 5.25 Å². The number of nitrogen functional groups attached to an aromatic ring is 1. The molecule has 1 heterocycles. The van der Waals surface area contributed by atoms with Crippen LogP contribution in [0.2, 0.25) is 0 Å². The van der Waals surface area contributed by atoms with Crippen LogP contribution < -0.4 is 11.2 Å². The van der Waals surface area contributed by atoms with Gasteiger partial charge in [-0.05, 0) is 20.8 Å². The van der Waals surface area contributed by atoms with Crippen molar-refractivity contribution in [2.24, 2.45) is 0 Å². The number of carbonyl (C=O) groups excluding carboxylic acids is 1. The van der Waals surface area contributed by atoms with E-state index in [-0.39, 0.29) is 22.6 Å². The van der Waals surface area contributed by atoms with Crippen molar-refractivity contribution in [2.75, 3.05) is 5.84 Å². The molecule has 1 amide bonds. The number of amides is 1. The first kappa shape index (κ1) is 15.8. The highest BCUT2D eigenvalue weighted by Crippen LogP contribution is 2.25. The van der Waals surface area contributed by atoms with E-state index in [0.717, 1.165) is 0 Å². The van der Waals surface area contributed by atoms with Crippen molar-refractivity contribution in [2.45, 2.75) is 63.4 Å². The van der Waals surface area contributed by atoms with Gasteiger partial charge in [-0.2, -0.15) is 0 Å². The van der Waals surface area contributed by atoms with Gasteiger partial charge in [0, 0.05) is 11.5 Å². The Bertz CT molecular complexity index is 449. The van der Waals surface area contributed by atoms with Gasteiger partial charge in [0.25, 0.3) is 0 Å². The molecule has 3 N–H and O–H groups in total. The zero-order valence-corrected chi connectivity index (χ0v) is 13.2. The number of carbonyl (C=O) groups is 1. The number of nitrogens with zero attached hydrogens (tertiary/aromatic N) is 3. The second-order valence-electron chi connectivity index (χ2n) is 5.85. The number of aromatic nitrogens is 3. The molecule has 0 radical (unpaired) electrons. The number of rotatable bonds is 4. The summed E-state index contributed by atoms with van der Waals surface area (Å²) in [7, 11) is 0. The summed E-state index contributed by atoms with van der Waals surface area (Å²) in [6.07, 6.45) is 0. The minimum atomic E-state index is -0.262. The predicted octanol–water partition coefficient (Wildman–Crippen LogP) is 1.29. The van der Waals surface area contributed by atoms with Crippen molar-refractivity contribution in [1.29, 1.82) is 0 Å². The van der Waals surface area contributed by atoms with Crippen LogP contribution in [0.3, 0.4) is 0 Å². The average Bonchev–Trinajstić information content (AvgIpc) is 2.58. The lowest BCUT2D eigenvalue weighted by Crippen LogP contribution is -2.36. The lowest BCUT2D eigenvalue weighted by atomic mass is 9.96. The van der Waals surface area contributed by atoms with Crippen LogP contribution in [-0.2, 0) is 10.2 Å². The number of hydrogen-bond acceptors (Lipinski definition) is 5. The minimum Gasteiger partial charge on any atom is -0.353 e. The minimum absolute atomic E-state index is 0.0275. The van der Waals surface area contributed by atoms with E-state index in [4.69, 9.17) is 5.84 Å². The van der Waals surface area contributed by atoms with Gasteiger partial charge < -0.3 is 11.2 Å². The molecule has 0 aliphatic carbocycles. The Kier molecular flexibility index (Phi) is 4.84. The number of nitrogens with two attached hydrogens (primary N) is 1. The Morgan fingerprint density at radius 2 is 1.89 bits per heavy atom. The van der Waals surface area contributed by atoms with Gasteiger partial charge in [-0.3, -0.25) is 4.79 Å². The molecule has 0 saturated heterocycles. The molecule has 0 aromatic carbocycles. The third kappa shape index (κ3) is 4.12. The Hall–Kier alpha value is -1.24. The smallest absolute Gasteiger partial charge is 0.233 e. The SMILES string of the molecule is CC(C)NC(=O)C(C)Sc1nnc(C(C)(C)C)n1N. The van der Waals surface area contributed by atoms with Gasteiger partial charge in [-0.15, -0.1) is 10.2 Å². The molecule has 0 saturated carbocycles. The van der Waals surface area contributed by atoms with Crippen molar-refractivity contribution in [3.05, 3.63) is 5.82 Å². The Balaban J connectivity index is 2.78.